The summed E-state index contributed by atoms with van der Waals surface area (Å²) in [5.41, 5.74) is 0.996. The first-order valence-electron chi connectivity index (χ1n) is 3.94. The van der Waals surface area contributed by atoms with Gasteiger partial charge in [0.05, 0.1) is 0 Å². The van der Waals surface area contributed by atoms with Gasteiger partial charge in [0, 0.05) is 5.22 Å². The minimum Gasteiger partial charge on any atom is -0.468 e. The van der Waals surface area contributed by atoms with E-state index in [-0.39, 0.29) is 0 Å². The Morgan fingerprint density at radius 1 is 1.25 bits per heavy atom. The van der Waals surface area contributed by atoms with Crippen molar-refractivity contribution in [1.82, 2.24) is 0 Å². The Kier molecular flexibility index (Phi) is 0.987. The predicted octanol–water partition coefficient (Wildman–Crippen LogP) is 0.0176. The number of fused-ring (bicyclic) bond motifs is 2. The van der Waals surface area contributed by atoms with E-state index in [4.69, 9.17) is 4.74 Å². The van der Waals surface area contributed by atoms with Gasteiger partial charge < -0.3 is 4.74 Å². The normalized spacial score (nSPS) is 17.7. The van der Waals surface area contributed by atoms with Crippen LogP contribution in [0.5, 0.6) is 0 Å². The van der Waals surface area contributed by atoms with Gasteiger partial charge in [0.25, 0.3) is 0 Å². The molecule has 1 aliphatic carbocycles. The molecule has 1 aromatic rings. The van der Waals surface area contributed by atoms with Crippen LogP contribution in [0.1, 0.15) is 0 Å². The molecule has 1 aromatic carbocycles. The summed E-state index contributed by atoms with van der Waals surface area (Å²) >= 11 is 0. The second kappa shape index (κ2) is 1.97. The summed E-state index contributed by atoms with van der Waals surface area (Å²) in [5, 5.41) is 2.39. The Bertz CT molecular complexity index is 485. The van der Waals surface area contributed by atoms with E-state index in [1.165, 1.54) is 10.4 Å². The maximum absolute atomic E-state index is 5.39. The van der Waals surface area contributed by atoms with Gasteiger partial charge in [-0.3, -0.25) is 0 Å². The van der Waals surface area contributed by atoms with Crippen LogP contribution < -0.4 is 10.4 Å². The van der Waals surface area contributed by atoms with Crippen molar-refractivity contribution in [2.24, 2.45) is 4.99 Å². The molecule has 0 unspecified atom stereocenters. The van der Waals surface area contributed by atoms with E-state index in [1.807, 2.05) is 12.1 Å². The summed E-state index contributed by atoms with van der Waals surface area (Å²) in [5.74, 6) is 0.950. The topological polar surface area (TPSA) is 21.6 Å². The molecular formula is C10H7NO. The summed E-state index contributed by atoms with van der Waals surface area (Å²) in [6.07, 6.45) is 2.07. The summed E-state index contributed by atoms with van der Waals surface area (Å²) < 4.78 is 5.39. The Morgan fingerprint density at radius 2 is 2.17 bits per heavy atom. The molecule has 0 fully saturated rings. The number of aliphatic imine (C=N–C) groups is 1. The average molecular weight is 157 g/mol. The fourth-order valence-electron chi connectivity index (χ4n) is 1.62. The highest BCUT2D eigenvalue weighted by atomic mass is 16.5. The van der Waals surface area contributed by atoms with Gasteiger partial charge in [-0.15, -0.1) is 0 Å². The van der Waals surface area contributed by atoms with Crippen LogP contribution in [0.4, 0.5) is 0 Å². The second-order valence-electron chi connectivity index (χ2n) is 2.88. The number of ether oxygens (including phenoxy) is 1. The van der Waals surface area contributed by atoms with Crippen molar-refractivity contribution < 1.29 is 4.74 Å². The molecule has 0 atom stereocenters. The summed E-state index contributed by atoms with van der Waals surface area (Å²) in [6.45, 7) is 0.482. The lowest BCUT2D eigenvalue weighted by molar-refractivity contribution is 0.311. The van der Waals surface area contributed by atoms with Crippen molar-refractivity contribution in [3.8, 4) is 0 Å². The maximum atomic E-state index is 5.39. The minimum absolute atomic E-state index is 0.482. The third-order valence-electron chi connectivity index (χ3n) is 2.17. The zero-order valence-corrected chi connectivity index (χ0v) is 6.45. The Morgan fingerprint density at radius 3 is 3.17 bits per heavy atom. The summed E-state index contributed by atoms with van der Waals surface area (Å²) in [4.78, 5) is 4.21. The van der Waals surface area contributed by atoms with Crippen molar-refractivity contribution in [2.75, 3.05) is 6.73 Å². The fourth-order valence-corrected chi connectivity index (χ4v) is 1.62. The first-order chi connectivity index (χ1) is 5.95. The van der Waals surface area contributed by atoms with Gasteiger partial charge >= 0.3 is 0 Å². The quantitative estimate of drug-likeness (QED) is 0.520. The Labute approximate surface area is 69.5 Å². The van der Waals surface area contributed by atoms with Crippen LogP contribution in [0, 0.1) is 0 Å². The summed E-state index contributed by atoms with van der Waals surface area (Å²) in [6, 6.07) is 8.18. The molecule has 0 spiro atoms. The van der Waals surface area contributed by atoms with Crippen molar-refractivity contribution >= 4 is 17.5 Å². The molecule has 3 rings (SSSR count). The number of nitrogens with zero attached hydrogens (tertiary/aromatic N) is 1. The average Bonchev–Trinajstić information content (AvgIpc) is 2.62. The van der Waals surface area contributed by atoms with Crippen molar-refractivity contribution in [3.05, 3.63) is 34.7 Å². The monoisotopic (exact) mass is 157 g/mol. The van der Waals surface area contributed by atoms with E-state index in [0.29, 0.717) is 6.73 Å². The van der Waals surface area contributed by atoms with Crippen LogP contribution in [0.3, 0.4) is 0 Å². The standard InChI is InChI=1S/C10H7NO/c1-2-4-8-7(3-1)5-9-10(8)12-6-11-9/h1-5H,6H2. The lowest BCUT2D eigenvalue weighted by atomic mass is 10.3. The van der Waals surface area contributed by atoms with E-state index in [0.717, 1.165) is 11.5 Å². The van der Waals surface area contributed by atoms with Crippen LogP contribution in [-0.4, -0.2) is 12.4 Å². The highest BCUT2D eigenvalue weighted by Gasteiger charge is 2.17. The van der Waals surface area contributed by atoms with Gasteiger partial charge in [-0.1, -0.05) is 24.3 Å². The van der Waals surface area contributed by atoms with Gasteiger partial charge in [0.1, 0.15) is 5.71 Å². The number of hydrogen-bond donors (Lipinski definition) is 0. The fraction of sp³-hybridized carbons (Fsp3) is 0.100. The third kappa shape index (κ3) is 0.619. The maximum Gasteiger partial charge on any atom is 0.180 e. The molecule has 0 N–H and O–H groups in total. The van der Waals surface area contributed by atoms with Crippen LogP contribution in [0.15, 0.2) is 29.3 Å². The number of benzene rings is 1. The molecular weight excluding hydrogens is 150 g/mol. The molecule has 0 saturated heterocycles. The van der Waals surface area contributed by atoms with Crippen LogP contribution in [0.2, 0.25) is 0 Å². The molecule has 12 heavy (non-hydrogen) atoms. The highest BCUT2D eigenvalue weighted by Crippen LogP contribution is 2.11. The molecule has 2 heteroatoms. The van der Waals surface area contributed by atoms with Gasteiger partial charge in [0.2, 0.25) is 0 Å². The van der Waals surface area contributed by atoms with E-state index < -0.39 is 0 Å². The van der Waals surface area contributed by atoms with E-state index in [2.05, 4.69) is 23.2 Å². The SMILES string of the molecule is C1=c2ccccc2=C2OCN=C12. The first kappa shape index (κ1) is 6.00. The molecule has 0 bridgehead atoms. The van der Waals surface area contributed by atoms with Crippen LogP contribution in [0.25, 0.3) is 11.8 Å². The van der Waals surface area contributed by atoms with Crippen LogP contribution >= 0.6 is 0 Å². The predicted molar refractivity (Wildman–Crippen MR) is 47.0 cm³/mol. The Balaban J connectivity index is 2.52. The molecule has 0 aromatic heterocycles. The number of hydrogen-bond acceptors (Lipinski definition) is 2. The molecule has 2 aliphatic rings. The smallest absolute Gasteiger partial charge is 0.180 e. The molecule has 0 amide bonds. The molecule has 2 nitrogen and oxygen atoms in total. The van der Waals surface area contributed by atoms with Crippen molar-refractivity contribution in [2.45, 2.75) is 0 Å². The second-order valence-corrected chi connectivity index (χ2v) is 2.88. The van der Waals surface area contributed by atoms with E-state index in [9.17, 15) is 0 Å². The van der Waals surface area contributed by atoms with Gasteiger partial charge in [-0.25, -0.2) is 4.99 Å². The molecule has 58 valence electrons. The number of rotatable bonds is 0. The lowest BCUT2D eigenvalue weighted by Gasteiger charge is -1.93. The molecule has 1 heterocycles. The molecule has 0 radical (unpaired) electrons. The van der Waals surface area contributed by atoms with E-state index >= 15 is 0 Å². The van der Waals surface area contributed by atoms with Gasteiger partial charge in [-0.05, 0) is 11.3 Å². The zero-order chi connectivity index (χ0) is 7.97. The van der Waals surface area contributed by atoms with Gasteiger partial charge in [0.15, 0.2) is 12.5 Å². The minimum atomic E-state index is 0.482. The molecule has 1 aliphatic heterocycles. The van der Waals surface area contributed by atoms with E-state index in [1.54, 1.807) is 0 Å². The Hall–Kier alpha value is -1.57. The van der Waals surface area contributed by atoms with Gasteiger partial charge in [-0.2, -0.15) is 0 Å². The highest BCUT2D eigenvalue weighted by molar-refractivity contribution is 6.34. The van der Waals surface area contributed by atoms with Crippen molar-refractivity contribution in [1.29, 1.82) is 0 Å². The third-order valence-corrected chi connectivity index (χ3v) is 2.17. The lowest BCUT2D eigenvalue weighted by Crippen LogP contribution is -2.22. The first-order valence-corrected chi connectivity index (χ1v) is 3.94. The molecule has 0 saturated carbocycles. The van der Waals surface area contributed by atoms with Crippen molar-refractivity contribution in [3.63, 3.8) is 0 Å². The van der Waals surface area contributed by atoms with Crippen LogP contribution in [-0.2, 0) is 4.74 Å². The zero-order valence-electron chi connectivity index (χ0n) is 6.45. The largest absolute Gasteiger partial charge is 0.468 e. The summed E-state index contributed by atoms with van der Waals surface area (Å²) in [7, 11) is 0.